The predicted molar refractivity (Wildman–Crippen MR) is 68.7 cm³/mol. The first kappa shape index (κ1) is 12.1. The number of rotatable bonds is 4. The Kier molecular flexibility index (Phi) is 4.15. The smallest absolute Gasteiger partial charge is 0.234 e. The van der Waals surface area contributed by atoms with Crippen molar-refractivity contribution in [1.82, 2.24) is 10.2 Å². The highest BCUT2D eigenvalue weighted by Gasteiger charge is 2.16. The molecule has 3 nitrogen and oxygen atoms in total. The van der Waals surface area contributed by atoms with Crippen molar-refractivity contribution in [1.29, 1.82) is 0 Å². The van der Waals surface area contributed by atoms with Gasteiger partial charge in [-0.05, 0) is 38.4 Å². The monoisotopic (exact) mass is 232 g/mol. The Hall–Kier alpha value is -1.35. The highest BCUT2D eigenvalue weighted by atomic mass is 16.2. The summed E-state index contributed by atoms with van der Waals surface area (Å²) in [5, 5.41) is 3.04. The molecular weight excluding hydrogens is 212 g/mol. The van der Waals surface area contributed by atoms with Crippen LogP contribution in [-0.2, 0) is 4.79 Å². The van der Waals surface area contributed by atoms with E-state index in [1.54, 1.807) is 0 Å². The van der Waals surface area contributed by atoms with Gasteiger partial charge in [-0.15, -0.1) is 0 Å². The zero-order valence-electron chi connectivity index (χ0n) is 10.4. The molecule has 0 aliphatic carbocycles. The van der Waals surface area contributed by atoms with Gasteiger partial charge in [0, 0.05) is 0 Å². The van der Waals surface area contributed by atoms with Crippen molar-refractivity contribution >= 4 is 5.91 Å². The summed E-state index contributed by atoms with van der Waals surface area (Å²) >= 11 is 0. The summed E-state index contributed by atoms with van der Waals surface area (Å²) in [6.45, 7) is 4.69. The number of nitrogens with zero attached hydrogens (tertiary/aromatic N) is 1. The van der Waals surface area contributed by atoms with Crippen LogP contribution in [0.3, 0.4) is 0 Å². The zero-order valence-corrected chi connectivity index (χ0v) is 10.4. The van der Waals surface area contributed by atoms with E-state index in [2.05, 4.69) is 10.2 Å². The first-order valence-corrected chi connectivity index (χ1v) is 6.32. The quantitative estimate of drug-likeness (QED) is 0.860. The van der Waals surface area contributed by atoms with Gasteiger partial charge in [-0.3, -0.25) is 9.69 Å². The molecule has 1 saturated heterocycles. The topological polar surface area (TPSA) is 32.3 Å². The number of hydrogen-bond acceptors (Lipinski definition) is 2. The molecule has 1 aliphatic rings. The van der Waals surface area contributed by atoms with Crippen molar-refractivity contribution in [3.63, 3.8) is 0 Å². The van der Waals surface area contributed by atoms with E-state index in [1.807, 2.05) is 37.3 Å². The first-order valence-electron chi connectivity index (χ1n) is 6.32. The average molecular weight is 232 g/mol. The molecule has 1 heterocycles. The molecule has 2 rings (SSSR count). The van der Waals surface area contributed by atoms with E-state index < -0.39 is 0 Å². The SMILES string of the molecule is C[C@H](NC(=O)CN1CCCC1)c1ccccc1. The Balaban J connectivity index is 1.81. The predicted octanol–water partition coefficient (Wildman–Crippen LogP) is 1.96. The molecular formula is C14H20N2O. The van der Waals surface area contributed by atoms with Crippen LogP contribution in [0.2, 0.25) is 0 Å². The van der Waals surface area contributed by atoms with E-state index in [-0.39, 0.29) is 11.9 Å². The number of carbonyl (C=O) groups excluding carboxylic acids is 1. The fraction of sp³-hybridized carbons (Fsp3) is 0.500. The minimum absolute atomic E-state index is 0.0892. The lowest BCUT2D eigenvalue weighted by atomic mass is 10.1. The van der Waals surface area contributed by atoms with Crippen molar-refractivity contribution in [3.8, 4) is 0 Å². The van der Waals surface area contributed by atoms with Gasteiger partial charge in [0.15, 0.2) is 0 Å². The van der Waals surface area contributed by atoms with Crippen molar-refractivity contribution < 1.29 is 4.79 Å². The normalized spacial score (nSPS) is 17.9. The van der Waals surface area contributed by atoms with Crippen molar-refractivity contribution in [2.24, 2.45) is 0 Å². The van der Waals surface area contributed by atoms with Crippen LogP contribution in [0.15, 0.2) is 30.3 Å². The van der Waals surface area contributed by atoms with Crippen LogP contribution in [-0.4, -0.2) is 30.4 Å². The molecule has 1 aromatic rings. The van der Waals surface area contributed by atoms with Gasteiger partial charge in [0.1, 0.15) is 0 Å². The van der Waals surface area contributed by atoms with Crippen molar-refractivity contribution in [2.45, 2.75) is 25.8 Å². The van der Waals surface area contributed by atoms with Crippen LogP contribution < -0.4 is 5.32 Å². The van der Waals surface area contributed by atoms with E-state index in [0.29, 0.717) is 6.54 Å². The summed E-state index contributed by atoms with van der Waals surface area (Å²) in [5.74, 6) is 0.128. The third-order valence-corrected chi connectivity index (χ3v) is 3.24. The summed E-state index contributed by atoms with van der Waals surface area (Å²) in [4.78, 5) is 14.0. The Labute approximate surface area is 103 Å². The number of hydrogen-bond donors (Lipinski definition) is 1. The Bertz CT molecular complexity index is 358. The van der Waals surface area contributed by atoms with Gasteiger partial charge in [-0.25, -0.2) is 0 Å². The van der Waals surface area contributed by atoms with Gasteiger partial charge in [0.05, 0.1) is 12.6 Å². The van der Waals surface area contributed by atoms with Gasteiger partial charge >= 0.3 is 0 Å². The van der Waals surface area contributed by atoms with Crippen LogP contribution >= 0.6 is 0 Å². The second kappa shape index (κ2) is 5.82. The second-order valence-corrected chi connectivity index (χ2v) is 4.68. The fourth-order valence-corrected chi connectivity index (χ4v) is 2.26. The molecule has 0 saturated carbocycles. The van der Waals surface area contributed by atoms with E-state index in [1.165, 1.54) is 12.8 Å². The number of amides is 1. The fourth-order valence-electron chi connectivity index (χ4n) is 2.26. The number of likely N-dealkylation sites (tertiary alicyclic amines) is 1. The Morgan fingerprint density at radius 2 is 1.94 bits per heavy atom. The number of nitrogens with one attached hydrogen (secondary N) is 1. The van der Waals surface area contributed by atoms with Crippen LogP contribution in [0, 0.1) is 0 Å². The number of benzene rings is 1. The van der Waals surface area contributed by atoms with E-state index in [0.717, 1.165) is 18.7 Å². The van der Waals surface area contributed by atoms with Gasteiger partial charge in [0.2, 0.25) is 5.91 Å². The largest absolute Gasteiger partial charge is 0.348 e. The molecule has 0 bridgehead atoms. The Morgan fingerprint density at radius 1 is 1.29 bits per heavy atom. The summed E-state index contributed by atoms with van der Waals surface area (Å²) in [6, 6.07) is 10.2. The maximum absolute atomic E-state index is 11.8. The molecule has 1 atom stereocenters. The van der Waals surface area contributed by atoms with Crippen LogP contribution in [0.25, 0.3) is 0 Å². The lowest BCUT2D eigenvalue weighted by molar-refractivity contribution is -0.122. The maximum atomic E-state index is 11.8. The van der Waals surface area contributed by atoms with Crippen LogP contribution in [0.1, 0.15) is 31.4 Å². The van der Waals surface area contributed by atoms with Gasteiger partial charge < -0.3 is 5.32 Å². The van der Waals surface area contributed by atoms with E-state index in [4.69, 9.17) is 0 Å². The highest BCUT2D eigenvalue weighted by Crippen LogP contribution is 2.11. The summed E-state index contributed by atoms with van der Waals surface area (Å²) < 4.78 is 0. The molecule has 1 amide bonds. The van der Waals surface area contributed by atoms with Crippen molar-refractivity contribution in [3.05, 3.63) is 35.9 Å². The molecule has 92 valence electrons. The molecule has 0 spiro atoms. The maximum Gasteiger partial charge on any atom is 0.234 e. The van der Waals surface area contributed by atoms with E-state index in [9.17, 15) is 4.79 Å². The molecule has 1 aromatic carbocycles. The van der Waals surface area contributed by atoms with Crippen molar-refractivity contribution in [2.75, 3.05) is 19.6 Å². The average Bonchev–Trinajstić information content (AvgIpc) is 2.82. The lowest BCUT2D eigenvalue weighted by Crippen LogP contribution is -2.36. The minimum Gasteiger partial charge on any atom is -0.348 e. The molecule has 0 unspecified atom stereocenters. The lowest BCUT2D eigenvalue weighted by Gasteiger charge is -2.18. The third-order valence-electron chi connectivity index (χ3n) is 3.24. The number of carbonyl (C=O) groups is 1. The molecule has 0 radical (unpaired) electrons. The van der Waals surface area contributed by atoms with Gasteiger partial charge in [-0.1, -0.05) is 30.3 Å². The first-order chi connectivity index (χ1) is 8.25. The van der Waals surface area contributed by atoms with Gasteiger partial charge in [0.25, 0.3) is 0 Å². The highest BCUT2D eigenvalue weighted by molar-refractivity contribution is 5.78. The van der Waals surface area contributed by atoms with Crippen LogP contribution in [0.4, 0.5) is 0 Å². The minimum atomic E-state index is 0.0892. The molecule has 0 aromatic heterocycles. The molecule has 1 fully saturated rings. The third kappa shape index (κ3) is 3.56. The molecule has 1 aliphatic heterocycles. The summed E-state index contributed by atoms with van der Waals surface area (Å²) in [5.41, 5.74) is 1.15. The van der Waals surface area contributed by atoms with Gasteiger partial charge in [-0.2, -0.15) is 0 Å². The molecule has 1 N–H and O–H groups in total. The molecule has 17 heavy (non-hydrogen) atoms. The summed E-state index contributed by atoms with van der Waals surface area (Å²) in [7, 11) is 0. The summed E-state index contributed by atoms with van der Waals surface area (Å²) in [6.07, 6.45) is 2.45. The molecule has 3 heteroatoms. The zero-order chi connectivity index (χ0) is 12.1. The Morgan fingerprint density at radius 3 is 2.59 bits per heavy atom. The van der Waals surface area contributed by atoms with Crippen LogP contribution in [0.5, 0.6) is 0 Å². The second-order valence-electron chi connectivity index (χ2n) is 4.68. The van der Waals surface area contributed by atoms with E-state index >= 15 is 0 Å². The standard InChI is InChI=1S/C14H20N2O/c1-12(13-7-3-2-4-8-13)15-14(17)11-16-9-5-6-10-16/h2-4,7-8,12H,5-6,9-11H2,1H3,(H,15,17)/t12-/m0/s1.